The van der Waals surface area contributed by atoms with E-state index in [1.165, 1.54) is 0 Å². The van der Waals surface area contributed by atoms with Gasteiger partial charge in [0.25, 0.3) is 0 Å². The fraction of sp³-hybridized carbons (Fsp3) is 0.316. The van der Waals surface area contributed by atoms with E-state index in [9.17, 15) is 0 Å². The molecule has 8 nitrogen and oxygen atoms in total. The minimum Gasteiger partial charge on any atom is -0.492 e. The van der Waals surface area contributed by atoms with E-state index in [-0.39, 0.29) is 0 Å². The first kappa shape index (κ1) is 19.8. The number of aliphatic imine (C=N–C) groups is 1. The molecule has 2 aromatic heterocycles. The minimum atomic E-state index is 0.520. The number of H-pyrrole nitrogens is 1. The Balaban J connectivity index is 1.41. The highest BCUT2D eigenvalue weighted by Crippen LogP contribution is 2.17. The number of halogens is 1. The van der Waals surface area contributed by atoms with Crippen LogP contribution >= 0.6 is 11.6 Å². The summed E-state index contributed by atoms with van der Waals surface area (Å²) >= 11 is 5.96. The van der Waals surface area contributed by atoms with E-state index in [1.807, 2.05) is 42.3 Å². The van der Waals surface area contributed by atoms with Gasteiger partial charge in [-0.05, 0) is 30.3 Å². The summed E-state index contributed by atoms with van der Waals surface area (Å²) in [7, 11) is 3.71. The number of guanidine groups is 1. The molecule has 0 saturated heterocycles. The zero-order valence-electron chi connectivity index (χ0n) is 15.9. The predicted octanol–water partition coefficient (Wildman–Crippen LogP) is 2.85. The summed E-state index contributed by atoms with van der Waals surface area (Å²) in [6.07, 6.45) is 2.28. The lowest BCUT2D eigenvalue weighted by molar-refractivity contribution is 0.281. The Morgan fingerprint density at radius 2 is 2.25 bits per heavy atom. The molecule has 0 aliphatic carbocycles. The van der Waals surface area contributed by atoms with E-state index in [2.05, 4.69) is 25.5 Å². The van der Waals surface area contributed by atoms with Crippen LogP contribution in [0.5, 0.6) is 5.75 Å². The maximum Gasteiger partial charge on any atom is 0.216 e. The summed E-state index contributed by atoms with van der Waals surface area (Å²) in [5.74, 6) is 3.51. The molecule has 0 atom stereocenters. The number of furan rings is 1. The fourth-order valence-electron chi connectivity index (χ4n) is 2.56. The van der Waals surface area contributed by atoms with Crippen molar-refractivity contribution in [2.24, 2.45) is 4.99 Å². The van der Waals surface area contributed by atoms with Crippen molar-refractivity contribution in [1.82, 2.24) is 25.4 Å². The molecular weight excluding hydrogens is 380 g/mol. The molecule has 3 rings (SSSR count). The highest BCUT2D eigenvalue weighted by Gasteiger charge is 2.09. The first-order valence-electron chi connectivity index (χ1n) is 8.91. The van der Waals surface area contributed by atoms with Crippen LogP contribution in [-0.4, -0.2) is 59.8 Å². The fourth-order valence-corrected chi connectivity index (χ4v) is 2.74. The molecule has 3 aromatic rings. The van der Waals surface area contributed by atoms with Gasteiger partial charge in [0, 0.05) is 32.1 Å². The number of hydrogen-bond acceptors (Lipinski definition) is 5. The topological polar surface area (TPSA) is 91.6 Å². The van der Waals surface area contributed by atoms with Crippen LogP contribution in [-0.2, 0) is 6.42 Å². The first-order valence-corrected chi connectivity index (χ1v) is 9.29. The molecule has 0 amide bonds. The van der Waals surface area contributed by atoms with Crippen LogP contribution in [0.15, 0.2) is 52.1 Å². The molecule has 0 unspecified atom stereocenters. The number of likely N-dealkylation sites (N-methyl/N-ethyl adjacent to an activating group) is 1. The molecule has 148 valence electrons. The van der Waals surface area contributed by atoms with E-state index in [0.29, 0.717) is 42.7 Å². The van der Waals surface area contributed by atoms with Gasteiger partial charge < -0.3 is 19.4 Å². The van der Waals surface area contributed by atoms with E-state index < -0.39 is 0 Å². The molecule has 0 bridgehead atoms. The second kappa shape index (κ2) is 9.80. The standard InChI is InChI=1S/C19H23ClN6O2/c1-21-19(26(2)10-12-27-15-6-3-5-14(20)13-15)22-9-8-17-23-18(25-24-17)16-7-4-11-28-16/h3-7,11,13H,8-10,12H2,1-2H3,(H,21,22)(H,23,24,25). The van der Waals surface area contributed by atoms with Gasteiger partial charge in [-0.3, -0.25) is 10.1 Å². The number of nitrogens with zero attached hydrogens (tertiary/aromatic N) is 4. The summed E-state index contributed by atoms with van der Waals surface area (Å²) in [4.78, 5) is 10.7. The van der Waals surface area contributed by atoms with Gasteiger partial charge in [-0.1, -0.05) is 17.7 Å². The van der Waals surface area contributed by atoms with Crippen molar-refractivity contribution >= 4 is 17.6 Å². The highest BCUT2D eigenvalue weighted by molar-refractivity contribution is 6.30. The van der Waals surface area contributed by atoms with Crippen molar-refractivity contribution in [3.8, 4) is 17.3 Å². The van der Waals surface area contributed by atoms with Gasteiger partial charge >= 0.3 is 0 Å². The normalized spacial score (nSPS) is 11.5. The summed E-state index contributed by atoms with van der Waals surface area (Å²) in [5.41, 5.74) is 0. The van der Waals surface area contributed by atoms with Crippen molar-refractivity contribution in [3.63, 3.8) is 0 Å². The summed E-state index contributed by atoms with van der Waals surface area (Å²) in [6.45, 7) is 1.86. The molecule has 0 spiro atoms. The van der Waals surface area contributed by atoms with Crippen LogP contribution in [0.1, 0.15) is 5.82 Å². The van der Waals surface area contributed by atoms with Gasteiger partial charge in [-0.2, -0.15) is 5.10 Å². The molecule has 28 heavy (non-hydrogen) atoms. The van der Waals surface area contributed by atoms with Crippen molar-refractivity contribution in [2.45, 2.75) is 6.42 Å². The third kappa shape index (κ3) is 5.50. The lowest BCUT2D eigenvalue weighted by Gasteiger charge is -2.22. The zero-order valence-corrected chi connectivity index (χ0v) is 16.6. The van der Waals surface area contributed by atoms with Gasteiger partial charge in [-0.15, -0.1) is 0 Å². The third-order valence-corrected chi connectivity index (χ3v) is 4.22. The minimum absolute atomic E-state index is 0.520. The lowest BCUT2D eigenvalue weighted by Crippen LogP contribution is -2.41. The Kier molecular flexibility index (Phi) is 6.91. The molecule has 9 heteroatoms. The van der Waals surface area contributed by atoms with E-state index in [0.717, 1.165) is 17.5 Å². The highest BCUT2D eigenvalue weighted by atomic mass is 35.5. The first-order chi connectivity index (χ1) is 13.7. The van der Waals surface area contributed by atoms with Crippen LogP contribution in [0, 0.1) is 0 Å². The Hall–Kier alpha value is -3.00. The number of nitrogens with one attached hydrogen (secondary N) is 2. The van der Waals surface area contributed by atoms with Crippen LogP contribution in [0.25, 0.3) is 11.6 Å². The third-order valence-electron chi connectivity index (χ3n) is 3.98. The number of benzene rings is 1. The zero-order chi connectivity index (χ0) is 19.8. The Morgan fingerprint density at radius 3 is 3.00 bits per heavy atom. The molecule has 0 radical (unpaired) electrons. The maximum atomic E-state index is 5.96. The van der Waals surface area contributed by atoms with Crippen LogP contribution < -0.4 is 10.1 Å². The quantitative estimate of drug-likeness (QED) is 0.444. The van der Waals surface area contributed by atoms with Gasteiger partial charge in [0.1, 0.15) is 18.2 Å². The van der Waals surface area contributed by atoms with Gasteiger partial charge in [0.05, 0.1) is 12.8 Å². The largest absolute Gasteiger partial charge is 0.492 e. The Bertz CT molecular complexity index is 893. The van der Waals surface area contributed by atoms with Crippen LogP contribution in [0.2, 0.25) is 5.02 Å². The molecule has 0 fully saturated rings. The summed E-state index contributed by atoms with van der Waals surface area (Å²) in [6, 6.07) is 11.0. The molecule has 0 aliphatic heterocycles. The average molecular weight is 403 g/mol. The van der Waals surface area contributed by atoms with E-state index >= 15 is 0 Å². The summed E-state index contributed by atoms with van der Waals surface area (Å²) < 4.78 is 11.0. The van der Waals surface area contributed by atoms with E-state index in [4.69, 9.17) is 20.8 Å². The van der Waals surface area contributed by atoms with Gasteiger partial charge in [0.15, 0.2) is 11.7 Å². The lowest BCUT2D eigenvalue weighted by atomic mass is 10.3. The monoisotopic (exact) mass is 402 g/mol. The van der Waals surface area contributed by atoms with Crippen LogP contribution in [0.4, 0.5) is 0 Å². The number of hydrogen-bond donors (Lipinski definition) is 2. The smallest absolute Gasteiger partial charge is 0.216 e. The second-order valence-corrected chi connectivity index (χ2v) is 6.47. The van der Waals surface area contributed by atoms with Crippen molar-refractivity contribution in [3.05, 3.63) is 53.5 Å². The molecule has 2 N–H and O–H groups in total. The van der Waals surface area contributed by atoms with E-state index in [1.54, 1.807) is 19.4 Å². The van der Waals surface area contributed by atoms with Crippen molar-refractivity contribution in [1.29, 1.82) is 0 Å². The SMILES string of the molecule is CN=C(NCCc1nc(-c2ccco2)n[nH]1)N(C)CCOc1cccc(Cl)c1. The summed E-state index contributed by atoms with van der Waals surface area (Å²) in [5, 5.41) is 11.1. The molecule has 0 aliphatic rings. The van der Waals surface area contributed by atoms with Gasteiger partial charge in [-0.25, -0.2) is 4.98 Å². The number of rotatable bonds is 8. The second-order valence-electron chi connectivity index (χ2n) is 6.03. The van der Waals surface area contributed by atoms with Crippen molar-refractivity contribution in [2.75, 3.05) is 33.8 Å². The molecule has 2 heterocycles. The molecular formula is C19H23ClN6O2. The average Bonchev–Trinajstić information content (AvgIpc) is 3.37. The number of aromatic amines is 1. The number of ether oxygens (including phenoxy) is 1. The van der Waals surface area contributed by atoms with Crippen molar-refractivity contribution < 1.29 is 9.15 Å². The van der Waals surface area contributed by atoms with Gasteiger partial charge in [0.2, 0.25) is 5.82 Å². The Morgan fingerprint density at radius 1 is 1.36 bits per heavy atom. The molecule has 0 saturated carbocycles. The van der Waals surface area contributed by atoms with Crippen LogP contribution in [0.3, 0.4) is 0 Å². The Labute approximate surface area is 168 Å². The predicted molar refractivity (Wildman–Crippen MR) is 109 cm³/mol. The molecule has 1 aromatic carbocycles. The maximum absolute atomic E-state index is 5.96. The number of aromatic nitrogens is 3.